The Morgan fingerprint density at radius 1 is 1.24 bits per heavy atom. The number of benzene rings is 1. The average molecular weight is 452 g/mol. The number of nitrogens with one attached hydrogen (secondary N) is 4. The molecule has 2 heterocycles. The molecule has 33 heavy (non-hydrogen) atoms. The van der Waals surface area contributed by atoms with Crippen LogP contribution in [-0.4, -0.2) is 47.9 Å². The number of H-pyrrole nitrogens is 1. The zero-order valence-corrected chi connectivity index (χ0v) is 18.6. The highest BCUT2D eigenvalue weighted by Gasteiger charge is 2.33. The quantitative estimate of drug-likeness (QED) is 0.438. The Hall–Kier alpha value is -3.54. The predicted octanol–water partition coefficient (Wildman–Crippen LogP) is 2.00. The van der Waals surface area contributed by atoms with Crippen molar-refractivity contribution >= 4 is 28.6 Å². The van der Waals surface area contributed by atoms with E-state index < -0.39 is 23.9 Å². The van der Waals surface area contributed by atoms with Crippen LogP contribution in [0.3, 0.4) is 0 Å². The van der Waals surface area contributed by atoms with E-state index in [4.69, 9.17) is 4.74 Å². The molecule has 2 aliphatic rings. The van der Waals surface area contributed by atoms with Gasteiger partial charge < -0.3 is 25.7 Å². The normalized spacial score (nSPS) is 19.4. The third-order valence-electron chi connectivity index (χ3n) is 6.21. The number of nitrogens with zero attached hydrogens (tertiary/aromatic N) is 1. The van der Waals surface area contributed by atoms with Crippen LogP contribution in [-0.2, 0) is 9.59 Å². The van der Waals surface area contributed by atoms with Crippen molar-refractivity contribution in [2.45, 2.75) is 51.1 Å². The van der Waals surface area contributed by atoms with Crippen LogP contribution in [0.1, 0.15) is 49.5 Å². The van der Waals surface area contributed by atoms with Crippen LogP contribution in [0.4, 0.5) is 0 Å². The van der Waals surface area contributed by atoms with E-state index in [9.17, 15) is 19.6 Å². The Morgan fingerprint density at radius 2 is 2.06 bits per heavy atom. The van der Waals surface area contributed by atoms with Gasteiger partial charge in [-0.25, -0.2) is 0 Å². The third-order valence-corrected chi connectivity index (χ3v) is 6.21. The maximum absolute atomic E-state index is 13.0. The standard InChI is InChI=1S/C24H29N5O4/c1-2-33-21-5-3-4-18-17(21)12-20(28-18)24(32)29-19(10-14-6-7-14)23(31)27-16(13-25)11-15-8-9-26-22(15)30/h3-5,12,14-16,19,28H,2,6-11H2,1H3,(H,26,30)(H,27,31)(H,29,32)/t15-,16-,19-/m0/s1. The van der Waals surface area contributed by atoms with Crippen molar-refractivity contribution in [2.75, 3.05) is 13.2 Å². The zero-order chi connectivity index (χ0) is 23.4. The number of fused-ring (bicyclic) bond motifs is 1. The molecule has 0 unspecified atom stereocenters. The van der Waals surface area contributed by atoms with Crippen LogP contribution in [0.25, 0.3) is 10.9 Å². The summed E-state index contributed by atoms with van der Waals surface area (Å²) in [7, 11) is 0. The van der Waals surface area contributed by atoms with Crippen molar-refractivity contribution in [2.24, 2.45) is 11.8 Å². The fourth-order valence-electron chi connectivity index (χ4n) is 4.26. The van der Waals surface area contributed by atoms with Crippen LogP contribution in [0.5, 0.6) is 5.75 Å². The van der Waals surface area contributed by atoms with E-state index in [0.717, 1.165) is 23.7 Å². The number of carbonyl (C=O) groups excluding carboxylic acids is 3. The van der Waals surface area contributed by atoms with Gasteiger partial charge in [0, 0.05) is 23.4 Å². The van der Waals surface area contributed by atoms with E-state index in [2.05, 4.69) is 27.0 Å². The summed E-state index contributed by atoms with van der Waals surface area (Å²) in [4.78, 5) is 40.9. The fraction of sp³-hybridized carbons (Fsp3) is 0.500. The minimum absolute atomic E-state index is 0.0856. The Labute approximate surface area is 192 Å². The van der Waals surface area contributed by atoms with Crippen molar-refractivity contribution in [1.29, 1.82) is 5.26 Å². The van der Waals surface area contributed by atoms with Gasteiger partial charge in [-0.1, -0.05) is 18.9 Å². The summed E-state index contributed by atoms with van der Waals surface area (Å²) >= 11 is 0. The monoisotopic (exact) mass is 451 g/mol. The second kappa shape index (κ2) is 9.94. The predicted molar refractivity (Wildman–Crippen MR) is 121 cm³/mol. The van der Waals surface area contributed by atoms with E-state index in [1.54, 1.807) is 6.07 Å². The molecule has 2 fully saturated rings. The largest absolute Gasteiger partial charge is 0.493 e. The van der Waals surface area contributed by atoms with Gasteiger partial charge in [0.05, 0.1) is 12.7 Å². The highest BCUT2D eigenvalue weighted by molar-refractivity contribution is 6.01. The van der Waals surface area contributed by atoms with Gasteiger partial charge in [-0.05, 0) is 50.3 Å². The summed E-state index contributed by atoms with van der Waals surface area (Å²) in [6.45, 7) is 3.00. The molecular formula is C24H29N5O4. The molecule has 0 radical (unpaired) electrons. The zero-order valence-electron chi connectivity index (χ0n) is 18.6. The summed E-state index contributed by atoms with van der Waals surface area (Å²) in [5.41, 5.74) is 1.11. The molecule has 0 spiro atoms. The van der Waals surface area contributed by atoms with Gasteiger partial charge in [0.25, 0.3) is 5.91 Å². The minimum Gasteiger partial charge on any atom is -0.493 e. The molecular weight excluding hydrogens is 422 g/mol. The van der Waals surface area contributed by atoms with Crippen LogP contribution < -0.4 is 20.7 Å². The van der Waals surface area contributed by atoms with Crippen LogP contribution in [0.2, 0.25) is 0 Å². The van der Waals surface area contributed by atoms with Gasteiger partial charge in [0.2, 0.25) is 11.8 Å². The number of amides is 3. The minimum atomic E-state index is -0.785. The molecule has 1 aromatic heterocycles. The number of ether oxygens (including phenoxy) is 1. The van der Waals surface area contributed by atoms with Crippen molar-refractivity contribution in [3.05, 3.63) is 30.0 Å². The SMILES string of the molecule is CCOc1cccc2[nH]c(C(=O)N[C@@H](CC3CC3)C(=O)N[C@H](C#N)C[C@@H]3CCNC3=O)cc12. The number of rotatable bonds is 10. The molecule has 1 saturated carbocycles. The Morgan fingerprint density at radius 3 is 2.73 bits per heavy atom. The maximum atomic E-state index is 13.0. The Balaban J connectivity index is 1.44. The molecule has 3 amide bonds. The van der Waals surface area contributed by atoms with Gasteiger partial charge in [-0.2, -0.15) is 5.26 Å². The number of hydrogen-bond acceptors (Lipinski definition) is 5. The summed E-state index contributed by atoms with van der Waals surface area (Å²) in [5, 5.41) is 18.6. The molecule has 0 bridgehead atoms. The van der Waals surface area contributed by atoms with E-state index in [1.165, 1.54) is 0 Å². The first-order valence-electron chi connectivity index (χ1n) is 11.5. The molecule has 1 aromatic carbocycles. The molecule has 4 rings (SSSR count). The maximum Gasteiger partial charge on any atom is 0.268 e. The van der Waals surface area contributed by atoms with Crippen LogP contribution >= 0.6 is 0 Å². The van der Waals surface area contributed by atoms with E-state index in [0.29, 0.717) is 43.4 Å². The summed E-state index contributed by atoms with van der Waals surface area (Å²) in [6.07, 6.45) is 3.48. The van der Waals surface area contributed by atoms with Crippen molar-refractivity contribution in [3.8, 4) is 11.8 Å². The van der Waals surface area contributed by atoms with E-state index in [1.807, 2.05) is 25.1 Å². The molecule has 1 aliphatic carbocycles. The summed E-state index contributed by atoms with van der Waals surface area (Å²) in [5.74, 6) is -0.0841. The number of aromatic nitrogens is 1. The lowest BCUT2D eigenvalue weighted by Crippen LogP contribution is -2.50. The van der Waals surface area contributed by atoms with Gasteiger partial charge in [0.1, 0.15) is 23.5 Å². The summed E-state index contributed by atoms with van der Waals surface area (Å²) < 4.78 is 5.64. The third kappa shape index (κ3) is 5.45. The van der Waals surface area contributed by atoms with Crippen molar-refractivity contribution < 1.29 is 19.1 Å². The van der Waals surface area contributed by atoms with E-state index in [-0.39, 0.29) is 18.2 Å². The highest BCUT2D eigenvalue weighted by atomic mass is 16.5. The number of aromatic amines is 1. The molecule has 3 atom stereocenters. The summed E-state index contributed by atoms with van der Waals surface area (Å²) in [6, 6.07) is 7.82. The highest BCUT2D eigenvalue weighted by Crippen LogP contribution is 2.34. The van der Waals surface area contributed by atoms with Crippen molar-refractivity contribution in [1.82, 2.24) is 20.9 Å². The lowest BCUT2D eigenvalue weighted by molar-refractivity contribution is -0.125. The molecule has 4 N–H and O–H groups in total. The first-order chi connectivity index (χ1) is 16.0. The van der Waals surface area contributed by atoms with Gasteiger partial charge in [-0.15, -0.1) is 0 Å². The lowest BCUT2D eigenvalue weighted by Gasteiger charge is -2.21. The lowest BCUT2D eigenvalue weighted by atomic mass is 9.98. The number of nitriles is 1. The fourth-order valence-corrected chi connectivity index (χ4v) is 4.26. The topological polar surface area (TPSA) is 136 Å². The first-order valence-corrected chi connectivity index (χ1v) is 11.5. The molecule has 174 valence electrons. The van der Waals surface area contributed by atoms with Gasteiger partial charge >= 0.3 is 0 Å². The second-order valence-electron chi connectivity index (χ2n) is 8.74. The van der Waals surface area contributed by atoms with Gasteiger partial charge in [-0.3, -0.25) is 14.4 Å². The van der Waals surface area contributed by atoms with E-state index >= 15 is 0 Å². The van der Waals surface area contributed by atoms with Crippen molar-refractivity contribution in [3.63, 3.8) is 0 Å². The van der Waals surface area contributed by atoms with Crippen LogP contribution in [0, 0.1) is 23.2 Å². The number of carbonyl (C=O) groups is 3. The molecule has 9 nitrogen and oxygen atoms in total. The van der Waals surface area contributed by atoms with Gasteiger partial charge in [0.15, 0.2) is 0 Å². The molecule has 9 heteroatoms. The molecule has 1 saturated heterocycles. The average Bonchev–Trinajstić information content (AvgIpc) is 3.35. The Kier molecular flexibility index (Phi) is 6.82. The van der Waals surface area contributed by atoms with Crippen LogP contribution in [0.15, 0.2) is 24.3 Å². The smallest absolute Gasteiger partial charge is 0.268 e. The molecule has 2 aromatic rings. The Bertz CT molecular complexity index is 1080. The first kappa shape index (κ1) is 22.6. The molecule has 1 aliphatic heterocycles. The second-order valence-corrected chi connectivity index (χ2v) is 8.74. The number of hydrogen-bond donors (Lipinski definition) is 4.